The number of nitrogens with one attached hydrogen (secondary N) is 1. The lowest BCUT2D eigenvalue weighted by molar-refractivity contribution is -0.139. The van der Waals surface area contributed by atoms with Gasteiger partial charge < -0.3 is 14.7 Å². The fourth-order valence-electron chi connectivity index (χ4n) is 2.30. The minimum absolute atomic E-state index is 0.135. The van der Waals surface area contributed by atoms with Crippen LogP contribution in [-0.2, 0) is 9.59 Å². The van der Waals surface area contributed by atoms with Crippen molar-refractivity contribution in [3.05, 3.63) is 47.7 Å². The van der Waals surface area contributed by atoms with E-state index >= 15 is 0 Å². The second kappa shape index (κ2) is 7.70. The van der Waals surface area contributed by atoms with Crippen LogP contribution < -0.4 is 5.32 Å². The van der Waals surface area contributed by atoms with Crippen LogP contribution in [0.3, 0.4) is 0 Å². The van der Waals surface area contributed by atoms with E-state index in [1.807, 2.05) is 39.0 Å². The van der Waals surface area contributed by atoms with Crippen molar-refractivity contribution in [2.45, 2.75) is 38.6 Å². The number of anilines is 1. The lowest BCUT2D eigenvalue weighted by Gasteiger charge is -2.36. The molecule has 0 aliphatic rings. The Kier molecular flexibility index (Phi) is 5.85. The molecule has 0 bridgehead atoms. The average Bonchev–Trinajstić information content (AvgIpc) is 2.96. The van der Waals surface area contributed by atoms with Gasteiger partial charge in [0.1, 0.15) is 17.7 Å². The molecule has 1 heterocycles. The Balaban J connectivity index is 2.13. The Hall–Kier alpha value is -2.34. The van der Waals surface area contributed by atoms with Crippen LogP contribution in [0.4, 0.5) is 5.82 Å². The molecule has 0 spiro atoms. The Labute approximate surface area is 152 Å². The van der Waals surface area contributed by atoms with Gasteiger partial charge in [0.15, 0.2) is 5.82 Å². The molecular formula is C18H22ClN3O3. The van der Waals surface area contributed by atoms with E-state index in [0.29, 0.717) is 17.1 Å². The summed E-state index contributed by atoms with van der Waals surface area (Å²) in [6, 6.07) is 10.7. The van der Waals surface area contributed by atoms with Gasteiger partial charge in [0, 0.05) is 11.6 Å². The number of hydrogen-bond acceptors (Lipinski definition) is 4. The van der Waals surface area contributed by atoms with Gasteiger partial charge in [-0.25, -0.2) is 0 Å². The Morgan fingerprint density at radius 2 is 1.92 bits per heavy atom. The highest BCUT2D eigenvalue weighted by molar-refractivity contribution is 6.31. The molecule has 0 radical (unpaired) electrons. The molecule has 2 amide bonds. The molecule has 0 unspecified atom stereocenters. The second-order valence-corrected chi connectivity index (χ2v) is 7.18. The predicted molar refractivity (Wildman–Crippen MR) is 96.4 cm³/mol. The zero-order valence-corrected chi connectivity index (χ0v) is 15.5. The van der Waals surface area contributed by atoms with Crippen molar-refractivity contribution >= 4 is 29.2 Å². The van der Waals surface area contributed by atoms with E-state index < -0.39 is 10.9 Å². The van der Waals surface area contributed by atoms with Crippen molar-refractivity contribution in [3.63, 3.8) is 0 Å². The number of aromatic nitrogens is 1. The Morgan fingerprint density at radius 1 is 1.28 bits per heavy atom. The molecule has 2 aromatic rings. The third-order valence-electron chi connectivity index (χ3n) is 3.58. The van der Waals surface area contributed by atoms with Gasteiger partial charge in [-0.05, 0) is 33.3 Å². The zero-order valence-electron chi connectivity index (χ0n) is 14.7. The molecule has 1 N–H and O–H groups in total. The number of amides is 2. The minimum Gasteiger partial charge on any atom is -0.360 e. The molecule has 0 aliphatic heterocycles. The maximum absolute atomic E-state index is 12.9. The monoisotopic (exact) mass is 363 g/mol. The summed E-state index contributed by atoms with van der Waals surface area (Å²) in [4.78, 5) is 26.6. The number of nitrogens with zero attached hydrogens (tertiary/aromatic N) is 2. The van der Waals surface area contributed by atoms with Crippen molar-refractivity contribution in [3.8, 4) is 0 Å². The summed E-state index contributed by atoms with van der Waals surface area (Å²) in [6.45, 7) is 7.16. The first-order chi connectivity index (χ1) is 11.7. The molecule has 0 aliphatic carbocycles. The summed E-state index contributed by atoms with van der Waals surface area (Å²) in [5.74, 6) is 0.207. The zero-order chi connectivity index (χ0) is 18.6. The molecule has 25 heavy (non-hydrogen) atoms. The van der Waals surface area contributed by atoms with Gasteiger partial charge >= 0.3 is 0 Å². The SMILES string of the molecule is Cc1cc(NC(=O)CN(C(=O)[C@H](Cl)c2ccccc2)C(C)(C)C)no1. The molecule has 134 valence electrons. The van der Waals surface area contributed by atoms with E-state index in [2.05, 4.69) is 10.5 Å². The topological polar surface area (TPSA) is 75.4 Å². The summed E-state index contributed by atoms with van der Waals surface area (Å²) in [5.41, 5.74) is 0.117. The summed E-state index contributed by atoms with van der Waals surface area (Å²) in [5, 5.41) is 5.48. The molecule has 1 aromatic carbocycles. The van der Waals surface area contributed by atoms with Gasteiger partial charge in [-0.3, -0.25) is 9.59 Å². The van der Waals surface area contributed by atoms with E-state index in [1.54, 1.807) is 25.1 Å². The van der Waals surface area contributed by atoms with Crippen molar-refractivity contribution in [1.82, 2.24) is 10.1 Å². The van der Waals surface area contributed by atoms with Crippen molar-refractivity contribution in [2.24, 2.45) is 0 Å². The van der Waals surface area contributed by atoms with E-state index in [9.17, 15) is 9.59 Å². The second-order valence-electron chi connectivity index (χ2n) is 6.74. The van der Waals surface area contributed by atoms with Crippen molar-refractivity contribution < 1.29 is 14.1 Å². The van der Waals surface area contributed by atoms with Crippen LogP contribution >= 0.6 is 11.6 Å². The third-order valence-corrected chi connectivity index (χ3v) is 4.02. The minimum atomic E-state index is -0.859. The highest BCUT2D eigenvalue weighted by Crippen LogP contribution is 2.26. The summed E-state index contributed by atoms with van der Waals surface area (Å²) in [7, 11) is 0. The Bertz CT molecular complexity index is 738. The molecule has 7 heteroatoms. The number of carbonyl (C=O) groups is 2. The number of benzene rings is 1. The van der Waals surface area contributed by atoms with E-state index in [4.69, 9.17) is 16.1 Å². The van der Waals surface area contributed by atoms with E-state index in [1.165, 1.54) is 4.90 Å². The number of rotatable bonds is 5. The highest BCUT2D eigenvalue weighted by Gasteiger charge is 2.33. The number of halogens is 1. The summed E-state index contributed by atoms with van der Waals surface area (Å²) < 4.78 is 4.91. The molecule has 2 rings (SSSR count). The van der Waals surface area contributed by atoms with Crippen LogP contribution in [0.15, 0.2) is 40.9 Å². The lowest BCUT2D eigenvalue weighted by Crippen LogP contribution is -2.50. The number of aryl methyl sites for hydroxylation is 1. The van der Waals surface area contributed by atoms with Gasteiger partial charge in [-0.2, -0.15) is 0 Å². The quantitative estimate of drug-likeness (QED) is 0.824. The number of alkyl halides is 1. The fraction of sp³-hybridized carbons (Fsp3) is 0.389. The average molecular weight is 364 g/mol. The van der Waals surface area contributed by atoms with Gasteiger partial charge in [0.25, 0.3) is 0 Å². The lowest BCUT2D eigenvalue weighted by atomic mass is 10.0. The molecule has 1 atom stereocenters. The van der Waals surface area contributed by atoms with Gasteiger partial charge in [-0.15, -0.1) is 11.6 Å². The summed E-state index contributed by atoms with van der Waals surface area (Å²) in [6.07, 6.45) is 0. The first-order valence-corrected chi connectivity index (χ1v) is 8.36. The van der Waals surface area contributed by atoms with E-state index in [-0.39, 0.29) is 18.4 Å². The van der Waals surface area contributed by atoms with Crippen LogP contribution in [-0.4, -0.2) is 34.0 Å². The maximum atomic E-state index is 12.9. The first kappa shape index (κ1) is 19.0. The van der Waals surface area contributed by atoms with Crippen LogP contribution in [0.1, 0.15) is 37.5 Å². The van der Waals surface area contributed by atoms with Crippen LogP contribution in [0.5, 0.6) is 0 Å². The summed E-state index contributed by atoms with van der Waals surface area (Å²) >= 11 is 6.35. The fourth-order valence-corrected chi connectivity index (χ4v) is 2.56. The maximum Gasteiger partial charge on any atom is 0.246 e. The normalized spacial score (nSPS) is 12.5. The highest BCUT2D eigenvalue weighted by atomic mass is 35.5. The number of hydrogen-bond donors (Lipinski definition) is 1. The molecule has 0 fully saturated rings. The molecule has 0 saturated carbocycles. The smallest absolute Gasteiger partial charge is 0.246 e. The Morgan fingerprint density at radius 3 is 2.44 bits per heavy atom. The van der Waals surface area contributed by atoms with Crippen LogP contribution in [0.25, 0.3) is 0 Å². The van der Waals surface area contributed by atoms with Gasteiger partial charge in [0.05, 0.1) is 0 Å². The van der Waals surface area contributed by atoms with Crippen LogP contribution in [0.2, 0.25) is 0 Å². The van der Waals surface area contributed by atoms with E-state index in [0.717, 1.165) is 0 Å². The first-order valence-electron chi connectivity index (χ1n) is 7.92. The van der Waals surface area contributed by atoms with Crippen LogP contribution in [0, 0.1) is 6.92 Å². The van der Waals surface area contributed by atoms with Gasteiger partial charge in [-0.1, -0.05) is 35.5 Å². The molecule has 6 nitrogen and oxygen atoms in total. The molecule has 1 aromatic heterocycles. The third kappa shape index (κ3) is 5.06. The largest absolute Gasteiger partial charge is 0.360 e. The van der Waals surface area contributed by atoms with Gasteiger partial charge in [0.2, 0.25) is 11.8 Å². The van der Waals surface area contributed by atoms with Crippen molar-refractivity contribution in [2.75, 3.05) is 11.9 Å². The predicted octanol–water partition coefficient (Wildman–Crippen LogP) is 3.53. The standard InChI is InChI=1S/C18H22ClN3O3/c1-12-10-14(21-25-12)20-15(23)11-22(18(2,3)4)17(24)16(19)13-8-6-5-7-9-13/h5-10,16H,11H2,1-4H3,(H,20,21,23)/t16-/m1/s1. The molecular weight excluding hydrogens is 342 g/mol. The number of carbonyl (C=O) groups excluding carboxylic acids is 2. The van der Waals surface area contributed by atoms with Crippen molar-refractivity contribution in [1.29, 1.82) is 0 Å². The molecule has 0 saturated heterocycles.